The third-order valence-electron chi connectivity index (χ3n) is 5.21. The first-order chi connectivity index (χ1) is 16.5. The van der Waals surface area contributed by atoms with Gasteiger partial charge in [0.25, 0.3) is 11.5 Å². The van der Waals surface area contributed by atoms with Gasteiger partial charge in [0, 0.05) is 18.0 Å². The van der Waals surface area contributed by atoms with E-state index < -0.39 is 5.91 Å². The van der Waals surface area contributed by atoms with Gasteiger partial charge in [0.05, 0.1) is 42.4 Å². The van der Waals surface area contributed by atoms with Gasteiger partial charge in [-0.15, -0.1) is 0 Å². The van der Waals surface area contributed by atoms with Crippen molar-refractivity contribution in [1.82, 2.24) is 20.2 Å². The molecular weight excluding hydrogens is 434 g/mol. The third kappa shape index (κ3) is 4.58. The van der Waals surface area contributed by atoms with E-state index in [2.05, 4.69) is 20.6 Å². The van der Waals surface area contributed by atoms with Crippen LogP contribution in [-0.2, 0) is 0 Å². The van der Waals surface area contributed by atoms with Gasteiger partial charge in [-0.05, 0) is 67.6 Å². The number of amides is 1. The van der Waals surface area contributed by atoms with Crippen LogP contribution in [0.25, 0.3) is 16.9 Å². The Morgan fingerprint density at radius 1 is 1.00 bits per heavy atom. The second-order valence-corrected chi connectivity index (χ2v) is 7.31. The molecule has 34 heavy (non-hydrogen) atoms. The highest BCUT2D eigenvalue weighted by Gasteiger charge is 2.20. The molecule has 0 aliphatic heterocycles. The zero-order valence-electron chi connectivity index (χ0n) is 18.9. The van der Waals surface area contributed by atoms with E-state index in [1.807, 2.05) is 12.1 Å². The normalized spacial score (nSPS) is 11.2. The van der Waals surface area contributed by atoms with Gasteiger partial charge in [0.1, 0.15) is 11.5 Å². The molecule has 0 aliphatic carbocycles. The SMILES string of the molecule is COc1ccc(-c2[nH]n(-c3ccc(OC)cc3)c(=O)c2C(C)=NNC(=O)c2cccnc2)cc1. The number of rotatable bonds is 7. The number of ether oxygens (including phenoxy) is 2. The van der Waals surface area contributed by atoms with Crippen molar-refractivity contribution in [3.8, 4) is 28.4 Å². The van der Waals surface area contributed by atoms with Gasteiger partial charge in [0.2, 0.25) is 0 Å². The summed E-state index contributed by atoms with van der Waals surface area (Å²) in [6.07, 6.45) is 3.02. The number of hydrazone groups is 1. The monoisotopic (exact) mass is 457 g/mol. The molecule has 0 aliphatic rings. The van der Waals surface area contributed by atoms with Crippen molar-refractivity contribution in [2.75, 3.05) is 14.2 Å². The fraction of sp³-hybridized carbons (Fsp3) is 0.120. The Bertz CT molecular complexity index is 1370. The van der Waals surface area contributed by atoms with Gasteiger partial charge < -0.3 is 9.47 Å². The number of nitrogens with one attached hydrogen (secondary N) is 2. The first-order valence-corrected chi connectivity index (χ1v) is 10.4. The summed E-state index contributed by atoms with van der Waals surface area (Å²) in [5.41, 5.74) is 5.15. The van der Waals surface area contributed by atoms with Crippen LogP contribution in [0.1, 0.15) is 22.8 Å². The highest BCUT2D eigenvalue weighted by Crippen LogP contribution is 2.24. The molecule has 0 saturated heterocycles. The standard InChI is InChI=1S/C25H23N5O4/c1-16(27-28-24(31)18-5-4-14-26-15-18)22-23(17-6-10-20(33-2)11-7-17)29-30(25(22)32)19-8-12-21(34-3)13-9-19/h4-15,29H,1-3H3,(H,28,31). The minimum atomic E-state index is -0.426. The lowest BCUT2D eigenvalue weighted by molar-refractivity contribution is 0.0954. The Kier molecular flexibility index (Phi) is 6.54. The molecular formula is C25H23N5O4. The number of aromatic nitrogens is 3. The third-order valence-corrected chi connectivity index (χ3v) is 5.21. The predicted molar refractivity (Wildman–Crippen MR) is 129 cm³/mol. The van der Waals surface area contributed by atoms with Crippen molar-refractivity contribution >= 4 is 11.6 Å². The van der Waals surface area contributed by atoms with Gasteiger partial charge >= 0.3 is 0 Å². The van der Waals surface area contributed by atoms with Crippen LogP contribution >= 0.6 is 0 Å². The second-order valence-electron chi connectivity index (χ2n) is 7.31. The number of pyridine rings is 1. The predicted octanol–water partition coefficient (Wildman–Crippen LogP) is 3.40. The molecule has 9 heteroatoms. The van der Waals surface area contributed by atoms with E-state index in [1.165, 1.54) is 10.9 Å². The van der Waals surface area contributed by atoms with Crippen LogP contribution in [0.2, 0.25) is 0 Å². The topological polar surface area (TPSA) is 111 Å². The van der Waals surface area contributed by atoms with Crippen molar-refractivity contribution in [3.05, 3.63) is 94.5 Å². The Labute approximate surface area is 195 Å². The van der Waals surface area contributed by atoms with E-state index in [0.717, 1.165) is 5.56 Å². The molecule has 1 amide bonds. The molecule has 9 nitrogen and oxygen atoms in total. The van der Waals surface area contributed by atoms with Gasteiger partial charge in [0.15, 0.2) is 0 Å². The number of methoxy groups -OCH3 is 2. The maximum absolute atomic E-state index is 13.5. The van der Waals surface area contributed by atoms with Crippen molar-refractivity contribution in [2.45, 2.75) is 6.92 Å². The molecule has 172 valence electrons. The summed E-state index contributed by atoms with van der Waals surface area (Å²) < 4.78 is 11.9. The largest absolute Gasteiger partial charge is 0.497 e. The summed E-state index contributed by atoms with van der Waals surface area (Å²) in [5, 5.41) is 7.37. The smallest absolute Gasteiger partial charge is 0.281 e. The maximum Gasteiger partial charge on any atom is 0.281 e. The van der Waals surface area contributed by atoms with Gasteiger partial charge in [-0.1, -0.05) is 0 Å². The van der Waals surface area contributed by atoms with Crippen LogP contribution < -0.4 is 20.5 Å². The Hall–Kier alpha value is -4.66. The zero-order chi connectivity index (χ0) is 24.1. The van der Waals surface area contributed by atoms with Crippen molar-refractivity contribution < 1.29 is 14.3 Å². The molecule has 0 spiro atoms. The summed E-state index contributed by atoms with van der Waals surface area (Å²) >= 11 is 0. The highest BCUT2D eigenvalue weighted by atomic mass is 16.5. The fourth-order valence-electron chi connectivity index (χ4n) is 3.40. The van der Waals surface area contributed by atoms with E-state index in [1.54, 1.807) is 75.9 Å². The summed E-state index contributed by atoms with van der Waals surface area (Å²) in [6, 6.07) is 17.7. The lowest BCUT2D eigenvalue weighted by Crippen LogP contribution is -2.23. The first kappa shape index (κ1) is 22.5. The number of carbonyl (C=O) groups excluding carboxylic acids is 1. The van der Waals surface area contributed by atoms with E-state index in [0.29, 0.717) is 39.7 Å². The van der Waals surface area contributed by atoms with E-state index in [-0.39, 0.29) is 5.56 Å². The average molecular weight is 457 g/mol. The summed E-state index contributed by atoms with van der Waals surface area (Å²) in [6.45, 7) is 1.67. The van der Waals surface area contributed by atoms with Crippen LogP contribution in [0.15, 0.2) is 83.0 Å². The van der Waals surface area contributed by atoms with E-state index in [4.69, 9.17) is 9.47 Å². The quantitative estimate of drug-likeness (QED) is 0.326. The van der Waals surface area contributed by atoms with Crippen LogP contribution in [0.4, 0.5) is 0 Å². The number of hydrogen-bond acceptors (Lipinski definition) is 6. The number of carbonyl (C=O) groups is 1. The van der Waals surface area contributed by atoms with Gasteiger partial charge in [-0.25, -0.2) is 10.1 Å². The fourth-order valence-corrected chi connectivity index (χ4v) is 3.40. The van der Waals surface area contributed by atoms with Gasteiger partial charge in [-0.3, -0.25) is 19.7 Å². The summed E-state index contributed by atoms with van der Waals surface area (Å²) in [5.74, 6) is 0.940. The molecule has 2 N–H and O–H groups in total. The van der Waals surface area contributed by atoms with Crippen molar-refractivity contribution in [1.29, 1.82) is 0 Å². The molecule has 0 saturated carbocycles. The highest BCUT2D eigenvalue weighted by molar-refractivity contribution is 6.04. The molecule has 0 bridgehead atoms. The number of H-pyrrole nitrogens is 1. The minimum absolute atomic E-state index is 0.312. The molecule has 4 rings (SSSR count). The number of benzene rings is 2. The second kappa shape index (κ2) is 9.86. The van der Waals surface area contributed by atoms with E-state index in [9.17, 15) is 9.59 Å². The number of hydrogen-bond donors (Lipinski definition) is 2. The summed E-state index contributed by atoms with van der Waals surface area (Å²) in [4.78, 5) is 29.8. The number of aromatic amines is 1. The van der Waals surface area contributed by atoms with Crippen LogP contribution in [0.5, 0.6) is 11.5 Å². The van der Waals surface area contributed by atoms with E-state index >= 15 is 0 Å². The van der Waals surface area contributed by atoms with Crippen molar-refractivity contribution in [3.63, 3.8) is 0 Å². The summed E-state index contributed by atoms with van der Waals surface area (Å²) in [7, 11) is 3.17. The lowest BCUT2D eigenvalue weighted by Gasteiger charge is -2.05. The molecule has 4 aromatic rings. The van der Waals surface area contributed by atoms with Crippen LogP contribution in [0, 0.1) is 0 Å². The number of nitrogens with zero attached hydrogens (tertiary/aromatic N) is 3. The maximum atomic E-state index is 13.5. The average Bonchev–Trinajstić information content (AvgIpc) is 3.24. The van der Waals surface area contributed by atoms with Crippen LogP contribution in [0.3, 0.4) is 0 Å². The minimum Gasteiger partial charge on any atom is -0.497 e. The lowest BCUT2D eigenvalue weighted by atomic mass is 10.1. The molecule has 0 radical (unpaired) electrons. The van der Waals surface area contributed by atoms with Crippen molar-refractivity contribution in [2.24, 2.45) is 5.10 Å². The molecule has 2 aromatic carbocycles. The van der Waals surface area contributed by atoms with Crippen LogP contribution in [-0.4, -0.2) is 40.6 Å². The zero-order valence-corrected chi connectivity index (χ0v) is 18.9. The Balaban J connectivity index is 1.77. The molecule has 0 unspecified atom stereocenters. The molecule has 0 fully saturated rings. The Morgan fingerprint density at radius 2 is 1.65 bits per heavy atom. The molecule has 2 aromatic heterocycles. The molecule has 0 atom stereocenters. The Morgan fingerprint density at radius 3 is 2.24 bits per heavy atom. The first-order valence-electron chi connectivity index (χ1n) is 10.4. The molecule has 2 heterocycles. The van der Waals surface area contributed by atoms with Gasteiger partial charge in [-0.2, -0.15) is 5.10 Å².